The van der Waals surface area contributed by atoms with E-state index in [0.29, 0.717) is 16.3 Å². The first kappa shape index (κ1) is 15.1. The van der Waals surface area contributed by atoms with E-state index in [2.05, 4.69) is 5.32 Å². The molecule has 1 rings (SSSR count). The van der Waals surface area contributed by atoms with Gasteiger partial charge in [-0.15, -0.1) is 11.6 Å². The lowest BCUT2D eigenvalue weighted by molar-refractivity contribution is -0.122. The molecule has 1 unspecified atom stereocenters. The molecule has 1 aromatic rings. The largest absolute Gasteiger partial charge is 0.496 e. The summed E-state index contributed by atoms with van der Waals surface area (Å²) in [6.07, 6.45) is 0. The smallest absolute Gasteiger partial charge is 0.243 e. The SMILES string of the molecule is COc1cccc(Cl)c1C(Cl)C(=O)NC(C)(C)C. The molecule has 0 aliphatic rings. The lowest BCUT2D eigenvalue weighted by Gasteiger charge is -2.23. The maximum atomic E-state index is 12.0. The summed E-state index contributed by atoms with van der Waals surface area (Å²) >= 11 is 12.2. The highest BCUT2D eigenvalue weighted by Crippen LogP contribution is 2.35. The van der Waals surface area contributed by atoms with Crippen molar-refractivity contribution in [3.05, 3.63) is 28.8 Å². The molecule has 3 nitrogen and oxygen atoms in total. The number of alkyl halides is 1. The molecule has 0 spiro atoms. The fourth-order valence-corrected chi connectivity index (χ4v) is 2.12. The number of amides is 1. The van der Waals surface area contributed by atoms with Crippen molar-refractivity contribution in [3.8, 4) is 5.75 Å². The highest BCUT2D eigenvalue weighted by atomic mass is 35.5. The molecule has 1 aromatic carbocycles. The van der Waals surface area contributed by atoms with Gasteiger partial charge < -0.3 is 10.1 Å². The van der Waals surface area contributed by atoms with Crippen LogP contribution in [0.4, 0.5) is 0 Å². The van der Waals surface area contributed by atoms with E-state index in [-0.39, 0.29) is 11.4 Å². The summed E-state index contributed by atoms with van der Waals surface area (Å²) in [5, 5.41) is 2.34. The second-order valence-corrected chi connectivity index (χ2v) is 5.80. The summed E-state index contributed by atoms with van der Waals surface area (Å²) in [6, 6.07) is 5.15. The number of carbonyl (C=O) groups excluding carboxylic acids is 1. The summed E-state index contributed by atoms with van der Waals surface area (Å²) in [5.41, 5.74) is 0.142. The van der Waals surface area contributed by atoms with Crippen molar-refractivity contribution < 1.29 is 9.53 Å². The minimum absolute atomic E-state index is 0.296. The molecular weight excluding hydrogens is 273 g/mol. The van der Waals surface area contributed by atoms with Gasteiger partial charge in [0.15, 0.2) is 0 Å². The summed E-state index contributed by atoms with van der Waals surface area (Å²) in [4.78, 5) is 12.0. The number of methoxy groups -OCH3 is 1. The number of hydrogen-bond acceptors (Lipinski definition) is 2. The van der Waals surface area contributed by atoms with Crippen LogP contribution in [0, 0.1) is 0 Å². The zero-order valence-electron chi connectivity index (χ0n) is 10.9. The number of ether oxygens (including phenoxy) is 1. The third kappa shape index (κ3) is 3.79. The molecule has 0 fully saturated rings. The minimum Gasteiger partial charge on any atom is -0.496 e. The molecule has 0 bridgehead atoms. The Balaban J connectivity index is 3.03. The average Bonchev–Trinajstić information content (AvgIpc) is 2.25. The van der Waals surface area contributed by atoms with E-state index in [9.17, 15) is 4.79 Å². The van der Waals surface area contributed by atoms with Crippen molar-refractivity contribution in [1.29, 1.82) is 0 Å². The molecule has 0 radical (unpaired) electrons. The number of benzene rings is 1. The lowest BCUT2D eigenvalue weighted by Crippen LogP contribution is -2.42. The van der Waals surface area contributed by atoms with Gasteiger partial charge in [0.1, 0.15) is 11.1 Å². The van der Waals surface area contributed by atoms with Crippen LogP contribution in [0.15, 0.2) is 18.2 Å². The van der Waals surface area contributed by atoms with E-state index in [0.717, 1.165) is 0 Å². The quantitative estimate of drug-likeness (QED) is 0.865. The summed E-state index contributed by atoms with van der Waals surface area (Å²) < 4.78 is 5.18. The van der Waals surface area contributed by atoms with E-state index in [1.54, 1.807) is 18.2 Å². The molecule has 1 amide bonds. The predicted octanol–water partition coefficient (Wildman–Crippen LogP) is 3.54. The Morgan fingerprint density at radius 3 is 2.50 bits per heavy atom. The van der Waals surface area contributed by atoms with Crippen molar-refractivity contribution >= 4 is 29.1 Å². The summed E-state index contributed by atoms with van der Waals surface area (Å²) in [6.45, 7) is 5.66. The second kappa shape index (κ2) is 5.81. The molecule has 0 saturated carbocycles. The Morgan fingerprint density at radius 2 is 2.00 bits per heavy atom. The Bertz CT molecular complexity index is 441. The molecule has 100 valence electrons. The fourth-order valence-electron chi connectivity index (χ4n) is 1.51. The van der Waals surface area contributed by atoms with Gasteiger partial charge in [0, 0.05) is 16.1 Å². The lowest BCUT2D eigenvalue weighted by atomic mass is 10.1. The normalized spacial score (nSPS) is 13.0. The van der Waals surface area contributed by atoms with Gasteiger partial charge >= 0.3 is 0 Å². The van der Waals surface area contributed by atoms with Gasteiger partial charge in [-0.1, -0.05) is 17.7 Å². The molecule has 1 N–H and O–H groups in total. The minimum atomic E-state index is -0.882. The van der Waals surface area contributed by atoms with Crippen LogP contribution in [0.25, 0.3) is 0 Å². The van der Waals surface area contributed by atoms with Gasteiger partial charge in [0.2, 0.25) is 5.91 Å². The molecule has 0 saturated heterocycles. The topological polar surface area (TPSA) is 38.3 Å². The van der Waals surface area contributed by atoms with E-state index >= 15 is 0 Å². The Kier molecular flexibility index (Phi) is 4.88. The van der Waals surface area contributed by atoms with Gasteiger partial charge in [-0.3, -0.25) is 4.79 Å². The van der Waals surface area contributed by atoms with Crippen molar-refractivity contribution in [2.75, 3.05) is 7.11 Å². The first-order chi connectivity index (χ1) is 8.26. The monoisotopic (exact) mass is 289 g/mol. The van der Waals surface area contributed by atoms with Gasteiger partial charge in [-0.2, -0.15) is 0 Å². The molecule has 18 heavy (non-hydrogen) atoms. The zero-order valence-corrected chi connectivity index (χ0v) is 12.4. The van der Waals surface area contributed by atoms with Gasteiger partial charge in [-0.05, 0) is 32.9 Å². The third-order valence-corrected chi connectivity index (χ3v) is 2.96. The molecule has 0 aromatic heterocycles. The van der Waals surface area contributed by atoms with Crippen LogP contribution in [0.1, 0.15) is 31.7 Å². The van der Waals surface area contributed by atoms with Crippen LogP contribution in [-0.2, 0) is 4.79 Å². The van der Waals surface area contributed by atoms with Crippen LogP contribution in [0.2, 0.25) is 5.02 Å². The van der Waals surface area contributed by atoms with Crippen molar-refractivity contribution in [2.24, 2.45) is 0 Å². The second-order valence-electron chi connectivity index (χ2n) is 4.96. The third-order valence-electron chi connectivity index (χ3n) is 2.21. The standard InChI is InChI=1S/C13H17Cl2NO2/c1-13(2,3)16-12(17)11(15)10-8(14)6-5-7-9(10)18-4/h5-7,11H,1-4H3,(H,16,17). The van der Waals surface area contributed by atoms with Gasteiger partial charge in [0.25, 0.3) is 0 Å². The summed E-state index contributed by atoms with van der Waals surface area (Å²) in [5.74, 6) is 0.210. The van der Waals surface area contributed by atoms with E-state index < -0.39 is 5.38 Å². The maximum absolute atomic E-state index is 12.0. The first-order valence-corrected chi connectivity index (χ1v) is 6.36. The van der Waals surface area contributed by atoms with Crippen LogP contribution >= 0.6 is 23.2 Å². The zero-order chi connectivity index (χ0) is 13.9. The van der Waals surface area contributed by atoms with Crippen molar-refractivity contribution in [2.45, 2.75) is 31.7 Å². The van der Waals surface area contributed by atoms with E-state index in [1.165, 1.54) is 7.11 Å². The molecule has 0 aliphatic heterocycles. The Morgan fingerprint density at radius 1 is 1.39 bits per heavy atom. The Hall–Kier alpha value is -0.930. The Labute approximate surface area is 117 Å². The maximum Gasteiger partial charge on any atom is 0.243 e. The number of halogens is 2. The first-order valence-electron chi connectivity index (χ1n) is 5.55. The predicted molar refractivity (Wildman–Crippen MR) is 74.5 cm³/mol. The number of carbonyl (C=O) groups is 1. The average molecular weight is 290 g/mol. The number of rotatable bonds is 3. The molecule has 5 heteroatoms. The summed E-state index contributed by atoms with van der Waals surface area (Å²) in [7, 11) is 1.51. The highest BCUT2D eigenvalue weighted by molar-refractivity contribution is 6.36. The van der Waals surface area contributed by atoms with E-state index in [1.807, 2.05) is 20.8 Å². The van der Waals surface area contributed by atoms with Crippen LogP contribution in [0.3, 0.4) is 0 Å². The fraction of sp³-hybridized carbons (Fsp3) is 0.462. The molecular formula is C13H17Cl2NO2. The highest BCUT2D eigenvalue weighted by Gasteiger charge is 2.26. The number of nitrogens with one attached hydrogen (secondary N) is 1. The van der Waals surface area contributed by atoms with Crippen molar-refractivity contribution in [1.82, 2.24) is 5.32 Å². The molecule has 0 aliphatic carbocycles. The molecule has 0 heterocycles. The number of hydrogen-bond donors (Lipinski definition) is 1. The van der Waals surface area contributed by atoms with Gasteiger partial charge in [0.05, 0.1) is 7.11 Å². The van der Waals surface area contributed by atoms with Crippen molar-refractivity contribution in [3.63, 3.8) is 0 Å². The van der Waals surface area contributed by atoms with Crippen LogP contribution in [0.5, 0.6) is 5.75 Å². The van der Waals surface area contributed by atoms with Crippen LogP contribution < -0.4 is 10.1 Å². The molecule has 1 atom stereocenters. The van der Waals surface area contributed by atoms with Gasteiger partial charge in [-0.25, -0.2) is 0 Å². The van der Waals surface area contributed by atoms with Crippen LogP contribution in [-0.4, -0.2) is 18.6 Å². The van der Waals surface area contributed by atoms with E-state index in [4.69, 9.17) is 27.9 Å².